The van der Waals surface area contributed by atoms with Gasteiger partial charge in [-0.2, -0.15) is 0 Å². The number of aromatic nitrogens is 6. The van der Waals surface area contributed by atoms with Gasteiger partial charge in [-0.1, -0.05) is 17.7 Å². The predicted molar refractivity (Wildman–Crippen MR) is 112 cm³/mol. The SMILES string of the molecule is Cc1ccc(-n2c(-c3nccnc3N)nc3ccc(-c4ccc(F)cn4)nc32)cc1. The molecular formula is C22H16FN7. The first kappa shape index (κ1) is 17.9. The second-order valence-electron chi connectivity index (χ2n) is 6.80. The van der Waals surface area contributed by atoms with E-state index in [0.717, 1.165) is 11.3 Å². The fourth-order valence-electron chi connectivity index (χ4n) is 3.25. The molecule has 0 fully saturated rings. The minimum atomic E-state index is -0.398. The molecule has 0 saturated carbocycles. The standard InChI is InChI=1S/C22H16FN7/c1-13-2-5-15(6-3-13)30-21-18(29-22(30)19-20(24)26-11-10-25-19)9-8-17(28-21)16-7-4-14(23)12-27-16/h2-12H,1H3,(H2,24,26). The van der Waals surface area contributed by atoms with Crippen LogP contribution in [0.1, 0.15) is 5.56 Å². The molecule has 4 heterocycles. The van der Waals surface area contributed by atoms with Gasteiger partial charge in [0.25, 0.3) is 0 Å². The molecule has 0 atom stereocenters. The largest absolute Gasteiger partial charge is 0.382 e. The van der Waals surface area contributed by atoms with E-state index in [9.17, 15) is 4.39 Å². The Labute approximate surface area is 171 Å². The number of hydrogen-bond acceptors (Lipinski definition) is 6. The van der Waals surface area contributed by atoms with Crippen LogP contribution in [0.4, 0.5) is 10.2 Å². The number of hydrogen-bond donors (Lipinski definition) is 1. The van der Waals surface area contributed by atoms with E-state index >= 15 is 0 Å². The maximum absolute atomic E-state index is 13.3. The maximum atomic E-state index is 13.3. The van der Waals surface area contributed by atoms with Crippen LogP contribution in [0.3, 0.4) is 0 Å². The molecule has 0 amide bonds. The third kappa shape index (κ3) is 3.04. The lowest BCUT2D eigenvalue weighted by Gasteiger charge is -2.10. The van der Waals surface area contributed by atoms with Crippen LogP contribution < -0.4 is 5.73 Å². The lowest BCUT2D eigenvalue weighted by Crippen LogP contribution is -2.03. The van der Waals surface area contributed by atoms with Crippen molar-refractivity contribution in [1.29, 1.82) is 0 Å². The number of nitrogens with zero attached hydrogens (tertiary/aromatic N) is 6. The van der Waals surface area contributed by atoms with Crippen molar-refractivity contribution in [1.82, 2.24) is 29.5 Å². The molecular weight excluding hydrogens is 381 g/mol. The number of pyridine rings is 2. The third-order valence-electron chi connectivity index (χ3n) is 4.72. The van der Waals surface area contributed by atoms with Gasteiger partial charge >= 0.3 is 0 Å². The summed E-state index contributed by atoms with van der Waals surface area (Å²) in [7, 11) is 0. The number of rotatable bonds is 3. The van der Waals surface area contributed by atoms with E-state index in [0.29, 0.717) is 34.1 Å². The Kier molecular flexibility index (Phi) is 4.17. The Morgan fingerprint density at radius 1 is 0.833 bits per heavy atom. The topological polar surface area (TPSA) is 95.4 Å². The molecule has 0 aliphatic heterocycles. The maximum Gasteiger partial charge on any atom is 0.169 e. The van der Waals surface area contributed by atoms with E-state index in [2.05, 4.69) is 15.0 Å². The van der Waals surface area contributed by atoms with Gasteiger partial charge in [-0.25, -0.2) is 24.3 Å². The molecule has 0 aliphatic rings. The van der Waals surface area contributed by atoms with Crippen molar-refractivity contribution in [3.8, 4) is 28.6 Å². The first-order chi connectivity index (χ1) is 14.6. The highest BCUT2D eigenvalue weighted by Crippen LogP contribution is 2.30. The Balaban J connectivity index is 1.79. The van der Waals surface area contributed by atoms with E-state index in [1.807, 2.05) is 41.8 Å². The van der Waals surface area contributed by atoms with Crippen LogP contribution in [0, 0.1) is 12.7 Å². The van der Waals surface area contributed by atoms with Crippen LogP contribution in [-0.4, -0.2) is 29.5 Å². The van der Waals surface area contributed by atoms with E-state index in [-0.39, 0.29) is 5.82 Å². The molecule has 0 spiro atoms. The molecule has 4 aromatic heterocycles. The molecule has 7 nitrogen and oxygen atoms in total. The summed E-state index contributed by atoms with van der Waals surface area (Å²) in [5.41, 5.74) is 11.0. The van der Waals surface area contributed by atoms with Crippen molar-refractivity contribution < 1.29 is 4.39 Å². The van der Waals surface area contributed by atoms with Gasteiger partial charge in [0, 0.05) is 18.1 Å². The van der Waals surface area contributed by atoms with E-state index in [4.69, 9.17) is 15.7 Å². The van der Waals surface area contributed by atoms with E-state index in [1.54, 1.807) is 18.3 Å². The highest BCUT2D eigenvalue weighted by Gasteiger charge is 2.19. The first-order valence-electron chi connectivity index (χ1n) is 9.25. The van der Waals surface area contributed by atoms with Crippen LogP contribution in [0.5, 0.6) is 0 Å². The van der Waals surface area contributed by atoms with Crippen LogP contribution in [0.2, 0.25) is 0 Å². The van der Waals surface area contributed by atoms with Gasteiger partial charge in [0.1, 0.15) is 17.0 Å². The van der Waals surface area contributed by atoms with Crippen LogP contribution in [-0.2, 0) is 0 Å². The van der Waals surface area contributed by atoms with Gasteiger partial charge in [0.15, 0.2) is 17.3 Å². The lowest BCUT2D eigenvalue weighted by atomic mass is 10.2. The first-order valence-corrected chi connectivity index (χ1v) is 9.25. The fourth-order valence-corrected chi connectivity index (χ4v) is 3.25. The molecule has 0 saturated heterocycles. The minimum absolute atomic E-state index is 0.279. The number of nitrogen functional groups attached to an aromatic ring is 1. The molecule has 30 heavy (non-hydrogen) atoms. The van der Waals surface area contributed by atoms with Crippen LogP contribution in [0.15, 0.2) is 67.1 Å². The number of nitrogens with two attached hydrogens (primary N) is 1. The molecule has 0 aliphatic carbocycles. The molecule has 0 unspecified atom stereocenters. The van der Waals surface area contributed by atoms with E-state index < -0.39 is 5.82 Å². The van der Waals surface area contributed by atoms with Gasteiger partial charge in [0.2, 0.25) is 0 Å². The number of anilines is 1. The summed E-state index contributed by atoms with van der Waals surface area (Å²) >= 11 is 0. The monoisotopic (exact) mass is 397 g/mol. The Bertz CT molecular complexity index is 1360. The van der Waals surface area contributed by atoms with Crippen LogP contribution in [0.25, 0.3) is 39.8 Å². The second-order valence-corrected chi connectivity index (χ2v) is 6.80. The van der Waals surface area contributed by atoms with Crippen molar-refractivity contribution in [3.63, 3.8) is 0 Å². The Morgan fingerprint density at radius 3 is 2.33 bits per heavy atom. The zero-order valence-corrected chi connectivity index (χ0v) is 16.0. The third-order valence-corrected chi connectivity index (χ3v) is 4.72. The average Bonchev–Trinajstić information content (AvgIpc) is 3.13. The zero-order valence-electron chi connectivity index (χ0n) is 16.0. The fraction of sp³-hybridized carbons (Fsp3) is 0.0455. The van der Waals surface area contributed by atoms with Crippen LogP contribution >= 0.6 is 0 Å². The summed E-state index contributed by atoms with van der Waals surface area (Å²) in [4.78, 5) is 22.2. The predicted octanol–water partition coefficient (Wildman–Crippen LogP) is 3.97. The van der Waals surface area contributed by atoms with Crippen molar-refractivity contribution in [3.05, 3.63) is 78.5 Å². The number of benzene rings is 1. The van der Waals surface area contributed by atoms with Gasteiger partial charge in [-0.05, 0) is 43.3 Å². The summed E-state index contributed by atoms with van der Waals surface area (Å²) < 4.78 is 15.2. The second kappa shape index (κ2) is 7.00. The molecule has 8 heteroatoms. The zero-order chi connectivity index (χ0) is 20.7. The summed E-state index contributed by atoms with van der Waals surface area (Å²) in [6, 6.07) is 14.6. The lowest BCUT2D eigenvalue weighted by molar-refractivity contribution is 0.622. The number of halogens is 1. The molecule has 5 aromatic rings. The molecule has 0 radical (unpaired) electrons. The van der Waals surface area contributed by atoms with E-state index in [1.165, 1.54) is 18.5 Å². The Morgan fingerprint density at radius 2 is 1.60 bits per heavy atom. The summed E-state index contributed by atoms with van der Waals surface area (Å²) in [6.45, 7) is 2.02. The summed E-state index contributed by atoms with van der Waals surface area (Å²) in [5, 5.41) is 0. The number of imidazole rings is 1. The van der Waals surface area contributed by atoms with Crippen molar-refractivity contribution in [2.45, 2.75) is 6.92 Å². The number of fused-ring (bicyclic) bond motifs is 1. The molecule has 0 bridgehead atoms. The highest BCUT2D eigenvalue weighted by atomic mass is 19.1. The highest BCUT2D eigenvalue weighted by molar-refractivity contribution is 5.83. The summed E-state index contributed by atoms with van der Waals surface area (Å²) in [5.74, 6) is 0.419. The van der Waals surface area contributed by atoms with Crippen molar-refractivity contribution in [2.24, 2.45) is 0 Å². The average molecular weight is 397 g/mol. The van der Waals surface area contributed by atoms with Crippen molar-refractivity contribution in [2.75, 3.05) is 5.73 Å². The van der Waals surface area contributed by atoms with Gasteiger partial charge in [-0.3, -0.25) is 9.55 Å². The normalized spacial score (nSPS) is 11.1. The van der Waals surface area contributed by atoms with Gasteiger partial charge < -0.3 is 5.73 Å². The molecule has 146 valence electrons. The molecule has 5 rings (SSSR count). The Hall–Kier alpha value is -4.20. The molecule has 1 aromatic carbocycles. The van der Waals surface area contributed by atoms with Crippen molar-refractivity contribution >= 4 is 17.0 Å². The minimum Gasteiger partial charge on any atom is -0.382 e. The van der Waals surface area contributed by atoms with Gasteiger partial charge in [0.05, 0.1) is 17.6 Å². The quantitative estimate of drug-likeness (QED) is 0.495. The number of aryl methyl sites for hydroxylation is 1. The smallest absolute Gasteiger partial charge is 0.169 e. The summed E-state index contributed by atoms with van der Waals surface area (Å²) in [6.07, 6.45) is 4.28. The molecule has 2 N–H and O–H groups in total. The van der Waals surface area contributed by atoms with Gasteiger partial charge in [-0.15, -0.1) is 0 Å².